The van der Waals surface area contributed by atoms with Gasteiger partial charge in [0.1, 0.15) is 11.6 Å². The van der Waals surface area contributed by atoms with Crippen LogP contribution in [0.2, 0.25) is 0 Å². The summed E-state index contributed by atoms with van der Waals surface area (Å²) in [6.45, 7) is 2.95. The molecule has 0 radical (unpaired) electrons. The second-order valence-electron chi connectivity index (χ2n) is 13.2. The Morgan fingerprint density at radius 3 is 2.81 bits per heavy atom. The minimum absolute atomic E-state index is 0.0183. The number of hydrogen-bond donors (Lipinski definition) is 3. The number of Topliss-reactive ketones (excluding diaryl/α,β-unsaturated/α-hetero) is 1. The van der Waals surface area contributed by atoms with Crippen molar-refractivity contribution in [2.24, 2.45) is 11.8 Å². The van der Waals surface area contributed by atoms with Gasteiger partial charge in [-0.1, -0.05) is 65.7 Å². The summed E-state index contributed by atoms with van der Waals surface area (Å²) in [6, 6.07) is 5.71. The summed E-state index contributed by atoms with van der Waals surface area (Å²) in [5.41, 5.74) is 11.4. The van der Waals surface area contributed by atoms with E-state index in [9.17, 15) is 14.7 Å². The average molecular weight is 671 g/mol. The Kier molecular flexibility index (Phi) is 8.91. The molecule has 1 fully saturated rings. The van der Waals surface area contributed by atoms with Crippen LogP contribution >= 0.6 is 21.6 Å². The van der Waals surface area contributed by atoms with Crippen LogP contribution in [0.4, 0.5) is 5.82 Å². The van der Waals surface area contributed by atoms with Crippen LogP contribution in [0.25, 0.3) is 6.08 Å². The van der Waals surface area contributed by atoms with Crippen LogP contribution < -0.4 is 15.8 Å². The number of methoxy groups -OCH3 is 1. The summed E-state index contributed by atoms with van der Waals surface area (Å²) in [6.07, 6.45) is 21.5. The van der Waals surface area contributed by atoms with E-state index in [1.807, 2.05) is 27.8 Å². The number of carbonyl (C=O) groups is 2. The van der Waals surface area contributed by atoms with Crippen LogP contribution in [0.1, 0.15) is 85.3 Å². The quantitative estimate of drug-likeness (QED) is 0.178. The van der Waals surface area contributed by atoms with Crippen LogP contribution in [-0.4, -0.2) is 51.1 Å². The van der Waals surface area contributed by atoms with Gasteiger partial charge in [-0.05, 0) is 72.2 Å². The largest absolute Gasteiger partial charge is 0.504 e. The maximum absolute atomic E-state index is 13.0. The van der Waals surface area contributed by atoms with Crippen LogP contribution in [0.15, 0.2) is 66.7 Å². The van der Waals surface area contributed by atoms with E-state index < -0.39 is 0 Å². The van der Waals surface area contributed by atoms with E-state index in [1.54, 1.807) is 18.2 Å². The first-order valence-corrected chi connectivity index (χ1v) is 18.9. The number of rotatable bonds is 3. The van der Waals surface area contributed by atoms with Crippen molar-refractivity contribution in [3.63, 3.8) is 0 Å². The third-order valence-electron chi connectivity index (χ3n) is 10.7. The number of phenols is 1. The number of aromatic nitrogens is 1. The predicted molar refractivity (Wildman–Crippen MR) is 190 cm³/mol. The van der Waals surface area contributed by atoms with E-state index >= 15 is 0 Å². The molecule has 47 heavy (non-hydrogen) atoms. The summed E-state index contributed by atoms with van der Waals surface area (Å²) < 4.78 is 5.47. The third kappa shape index (κ3) is 5.77. The number of aromatic hydroxyl groups is 1. The lowest BCUT2D eigenvalue weighted by Gasteiger charge is -2.51. The molecule has 6 unspecified atom stereocenters. The van der Waals surface area contributed by atoms with Crippen LogP contribution in [0.3, 0.4) is 0 Å². The maximum atomic E-state index is 13.0. The van der Waals surface area contributed by atoms with Gasteiger partial charge in [0.25, 0.3) is 0 Å². The summed E-state index contributed by atoms with van der Waals surface area (Å²) in [5.74, 6) is 0.920. The summed E-state index contributed by atoms with van der Waals surface area (Å²) in [5, 5.41) is 14.6. The number of anilines is 1. The number of carbonyl (C=O) groups excluding carboxylic acids is 2. The highest BCUT2D eigenvalue weighted by Crippen LogP contribution is 2.61. The van der Waals surface area contributed by atoms with Gasteiger partial charge in [-0.3, -0.25) is 9.59 Å². The second kappa shape index (κ2) is 13.1. The highest BCUT2D eigenvalue weighted by molar-refractivity contribution is 8.77. The lowest BCUT2D eigenvalue weighted by atomic mass is 9.76. The van der Waals surface area contributed by atoms with E-state index in [4.69, 9.17) is 15.5 Å². The van der Waals surface area contributed by atoms with Crippen LogP contribution in [-0.2, 0) is 9.59 Å². The van der Waals surface area contributed by atoms with Crippen molar-refractivity contribution in [1.82, 2.24) is 15.2 Å². The first kappa shape index (κ1) is 31.9. The van der Waals surface area contributed by atoms with Crippen molar-refractivity contribution in [3.8, 4) is 11.5 Å². The minimum atomic E-state index is -0.283. The molecule has 4 heterocycles. The molecule has 1 aromatic heterocycles. The number of ether oxygens (including phenoxy) is 1. The molecule has 0 spiro atoms. The van der Waals surface area contributed by atoms with E-state index in [-0.39, 0.29) is 51.6 Å². The SMILES string of the molecule is CCC1CCC(=O)CC(=O)C=Cc2cc(OC)c(O)cc2C2C=CC1SSC(C13CCCC1C=CC1=CNCN13)c1cc2cnc1N. The number of nitrogen functional groups attached to an aromatic ring is 1. The summed E-state index contributed by atoms with van der Waals surface area (Å²) >= 11 is 0. The van der Waals surface area contributed by atoms with Gasteiger partial charge < -0.3 is 25.8 Å². The molecule has 3 aliphatic heterocycles. The fraction of sp³-hybridized carbons (Fsp3) is 0.432. The number of hydrogen-bond acceptors (Lipinski definition) is 10. The van der Waals surface area contributed by atoms with Gasteiger partial charge >= 0.3 is 0 Å². The maximum Gasteiger partial charge on any atom is 0.163 e. The third-order valence-corrected chi connectivity index (χ3v) is 14.0. The standard InChI is InChI=1S/C37H42N4O4S2/c1-3-22-6-10-27(42)17-28(43)11-7-23-16-33(45-2)32(44)18-30(23)29-12-13-34(22)46-47-35(31-15-24(29)19-40-36(31)38)37-14-4-5-25(37)8-9-26-20-39-21-41(26)37/h7-9,11-13,15-16,18-20,22,25,29,34-35,39,44H,3-6,10,14,17,21H2,1-2H3,(H2,38,40). The van der Waals surface area contributed by atoms with E-state index in [1.165, 1.54) is 18.9 Å². The van der Waals surface area contributed by atoms with Gasteiger partial charge in [0.05, 0.1) is 36.7 Å². The number of phenolic OH excluding ortho intramolecular Hbond substituents is 1. The number of ketones is 2. The smallest absolute Gasteiger partial charge is 0.163 e. The predicted octanol–water partition coefficient (Wildman–Crippen LogP) is 7.05. The molecular formula is C37H42N4O4S2. The van der Waals surface area contributed by atoms with Crippen molar-refractivity contribution in [2.75, 3.05) is 19.5 Å². The molecule has 4 bridgehead atoms. The first-order valence-electron chi connectivity index (χ1n) is 16.6. The van der Waals surface area contributed by atoms with Gasteiger partial charge in [-0.25, -0.2) is 4.98 Å². The van der Waals surface area contributed by atoms with Gasteiger partial charge in [0.2, 0.25) is 0 Å². The monoisotopic (exact) mass is 670 g/mol. The fourth-order valence-corrected chi connectivity index (χ4v) is 12.2. The van der Waals surface area contributed by atoms with Crippen molar-refractivity contribution < 1.29 is 19.4 Å². The van der Waals surface area contributed by atoms with Gasteiger partial charge in [0, 0.05) is 41.5 Å². The number of pyridine rings is 1. The van der Waals surface area contributed by atoms with E-state index in [0.29, 0.717) is 30.3 Å². The molecule has 0 saturated heterocycles. The average Bonchev–Trinajstić information content (AvgIpc) is 3.73. The Balaban J connectivity index is 1.44. The zero-order valence-corrected chi connectivity index (χ0v) is 28.5. The van der Waals surface area contributed by atoms with Gasteiger partial charge in [0.15, 0.2) is 17.3 Å². The van der Waals surface area contributed by atoms with Crippen molar-refractivity contribution >= 4 is 45.0 Å². The topological polar surface area (TPSA) is 118 Å². The highest BCUT2D eigenvalue weighted by Gasteiger charge is 2.56. The lowest BCUT2D eigenvalue weighted by Crippen LogP contribution is -2.55. The molecule has 1 saturated carbocycles. The number of nitrogens with one attached hydrogen (secondary N) is 1. The Bertz CT molecular complexity index is 1700. The molecule has 2 aromatic rings. The van der Waals surface area contributed by atoms with Gasteiger partial charge in [-0.15, -0.1) is 0 Å². The van der Waals surface area contributed by atoms with Gasteiger partial charge in [-0.2, -0.15) is 0 Å². The molecule has 2 aliphatic carbocycles. The Morgan fingerprint density at radius 1 is 1.11 bits per heavy atom. The van der Waals surface area contributed by atoms with Crippen LogP contribution in [0, 0.1) is 11.8 Å². The molecule has 10 heteroatoms. The zero-order chi connectivity index (χ0) is 32.7. The second-order valence-corrected chi connectivity index (χ2v) is 15.8. The summed E-state index contributed by atoms with van der Waals surface area (Å²) in [4.78, 5) is 33.3. The fourth-order valence-electron chi connectivity index (χ4n) is 8.20. The molecule has 246 valence electrons. The number of nitrogens with two attached hydrogens (primary N) is 1. The first-order chi connectivity index (χ1) is 22.8. The lowest BCUT2D eigenvalue weighted by molar-refractivity contribution is -0.124. The molecular weight excluding hydrogens is 629 g/mol. The summed E-state index contributed by atoms with van der Waals surface area (Å²) in [7, 11) is 5.29. The highest BCUT2D eigenvalue weighted by atomic mass is 33.1. The molecule has 5 aliphatic rings. The van der Waals surface area contributed by atoms with Crippen molar-refractivity contribution in [1.29, 1.82) is 0 Å². The molecule has 4 N–H and O–H groups in total. The van der Waals surface area contributed by atoms with Crippen molar-refractivity contribution in [2.45, 2.75) is 73.8 Å². The number of allylic oxidation sites excluding steroid dienone is 3. The molecule has 0 amide bonds. The molecule has 1 aromatic carbocycles. The number of benzene rings is 1. The Hall–Kier alpha value is -3.63. The Morgan fingerprint density at radius 2 is 1.98 bits per heavy atom. The minimum Gasteiger partial charge on any atom is -0.504 e. The molecule has 7 rings (SSSR count). The van der Waals surface area contributed by atoms with Crippen molar-refractivity contribution in [3.05, 3.63) is 88.9 Å². The normalized spacial score (nSPS) is 30.2. The Labute approximate surface area is 284 Å². The molecule has 6 atom stereocenters. The number of fused-ring (bicyclic) bond motifs is 10. The number of nitrogens with zero attached hydrogens (tertiary/aromatic N) is 2. The molecule has 8 nitrogen and oxygen atoms in total. The zero-order valence-electron chi connectivity index (χ0n) is 26.9. The van der Waals surface area contributed by atoms with E-state index in [0.717, 1.165) is 54.6 Å². The van der Waals surface area contributed by atoms with E-state index in [2.05, 4.69) is 53.7 Å². The van der Waals surface area contributed by atoms with Crippen LogP contribution in [0.5, 0.6) is 11.5 Å².